The lowest BCUT2D eigenvalue weighted by molar-refractivity contribution is -0.385. The molecule has 1 heterocycles. The van der Waals surface area contributed by atoms with Gasteiger partial charge in [-0.1, -0.05) is 13.0 Å². The molecule has 0 saturated carbocycles. The average molecular weight is 349 g/mol. The Morgan fingerprint density at radius 3 is 2.71 bits per heavy atom. The van der Waals surface area contributed by atoms with Crippen LogP contribution >= 0.6 is 11.3 Å². The van der Waals surface area contributed by atoms with Gasteiger partial charge in [-0.25, -0.2) is 4.98 Å². The van der Waals surface area contributed by atoms with E-state index in [1.165, 1.54) is 17.0 Å². The van der Waals surface area contributed by atoms with E-state index in [1.54, 1.807) is 18.4 Å². The highest BCUT2D eigenvalue weighted by molar-refractivity contribution is 7.11. The van der Waals surface area contributed by atoms with Crippen molar-refractivity contribution < 1.29 is 14.8 Å². The summed E-state index contributed by atoms with van der Waals surface area (Å²) in [7, 11) is 1.61. The third kappa shape index (κ3) is 3.23. The van der Waals surface area contributed by atoms with Crippen molar-refractivity contribution in [3.63, 3.8) is 0 Å². The summed E-state index contributed by atoms with van der Waals surface area (Å²) in [5.74, 6) is -1.09. The van der Waals surface area contributed by atoms with E-state index in [0.717, 1.165) is 28.1 Å². The number of rotatable bonds is 5. The molecule has 1 N–H and O–H groups in total. The second-order valence-corrected chi connectivity index (χ2v) is 6.55. The van der Waals surface area contributed by atoms with Crippen molar-refractivity contribution in [2.45, 2.75) is 33.2 Å². The first kappa shape index (κ1) is 17.9. The maximum atomic E-state index is 12.7. The quantitative estimate of drug-likeness (QED) is 0.658. The number of para-hydroxylation sites is 1. The van der Waals surface area contributed by atoms with Crippen molar-refractivity contribution in [1.29, 1.82) is 0 Å². The number of nitrogens with zero attached hydrogens (tertiary/aromatic N) is 3. The minimum absolute atomic E-state index is 0.0866. The second-order valence-electron chi connectivity index (χ2n) is 5.43. The lowest BCUT2D eigenvalue weighted by Gasteiger charge is -2.24. The van der Waals surface area contributed by atoms with Gasteiger partial charge in [-0.15, -0.1) is 11.3 Å². The number of aromatic hydroxyl groups is 1. The summed E-state index contributed by atoms with van der Waals surface area (Å²) in [4.78, 5) is 29.8. The molecule has 24 heavy (non-hydrogen) atoms. The van der Waals surface area contributed by atoms with Gasteiger partial charge < -0.3 is 10.0 Å². The summed E-state index contributed by atoms with van der Waals surface area (Å²) in [6.07, 6.45) is 0.821. The molecular weight excluding hydrogens is 330 g/mol. The van der Waals surface area contributed by atoms with E-state index in [9.17, 15) is 20.0 Å². The maximum Gasteiger partial charge on any atom is 0.311 e. The van der Waals surface area contributed by atoms with Crippen LogP contribution < -0.4 is 0 Å². The van der Waals surface area contributed by atoms with Gasteiger partial charge in [0.2, 0.25) is 5.75 Å². The molecule has 8 heteroatoms. The Morgan fingerprint density at radius 1 is 1.50 bits per heavy atom. The van der Waals surface area contributed by atoms with Crippen LogP contribution in [0.15, 0.2) is 18.2 Å². The Morgan fingerprint density at radius 2 is 2.17 bits per heavy atom. The molecule has 0 bridgehead atoms. The third-order valence-electron chi connectivity index (χ3n) is 3.90. The number of carbonyl (C=O) groups is 1. The first-order valence-corrected chi connectivity index (χ1v) is 8.29. The number of phenols is 1. The molecule has 1 aromatic carbocycles. The van der Waals surface area contributed by atoms with Gasteiger partial charge in [-0.3, -0.25) is 14.9 Å². The molecule has 1 unspecified atom stereocenters. The van der Waals surface area contributed by atoms with Crippen LogP contribution in [0.25, 0.3) is 0 Å². The number of phenolic OH excluding ortho intramolecular Hbond substituents is 1. The standard InChI is InChI=1S/C16H19N3O4S/c1-5-13-17-9(2)15(24-13)10(3)18(4)16(21)11-7-6-8-12(14(11)20)19(22)23/h6-8,10,20H,5H2,1-4H3. The Bertz CT molecular complexity index is 788. The Balaban J connectivity index is 2.34. The highest BCUT2D eigenvalue weighted by Gasteiger charge is 2.27. The third-order valence-corrected chi connectivity index (χ3v) is 5.37. The first-order valence-electron chi connectivity index (χ1n) is 7.47. The maximum absolute atomic E-state index is 12.7. The van der Waals surface area contributed by atoms with Gasteiger partial charge in [-0.05, 0) is 26.3 Å². The number of carbonyl (C=O) groups excluding carboxylic acids is 1. The Kier molecular flexibility index (Phi) is 5.18. The van der Waals surface area contributed by atoms with E-state index in [-0.39, 0.29) is 11.6 Å². The zero-order valence-electron chi connectivity index (χ0n) is 13.9. The number of aryl methyl sites for hydroxylation is 2. The molecule has 1 aromatic heterocycles. The average Bonchev–Trinajstić information content (AvgIpc) is 2.93. The molecule has 2 rings (SSSR count). The largest absolute Gasteiger partial charge is 0.502 e. The number of thiazole rings is 1. The van der Waals surface area contributed by atoms with Crippen molar-refractivity contribution in [2.75, 3.05) is 7.05 Å². The topological polar surface area (TPSA) is 96.6 Å². The van der Waals surface area contributed by atoms with Crippen LogP contribution in [0, 0.1) is 17.0 Å². The number of aromatic nitrogens is 1. The van der Waals surface area contributed by atoms with E-state index in [2.05, 4.69) is 4.98 Å². The van der Waals surface area contributed by atoms with Crippen LogP contribution in [0.4, 0.5) is 5.69 Å². The van der Waals surface area contributed by atoms with Crippen LogP contribution in [0.3, 0.4) is 0 Å². The fourth-order valence-electron chi connectivity index (χ4n) is 2.40. The van der Waals surface area contributed by atoms with Crippen molar-refractivity contribution in [3.8, 4) is 5.75 Å². The summed E-state index contributed by atoms with van der Waals surface area (Å²) < 4.78 is 0. The van der Waals surface area contributed by atoms with Crippen molar-refractivity contribution in [2.24, 2.45) is 0 Å². The van der Waals surface area contributed by atoms with E-state index in [1.807, 2.05) is 20.8 Å². The van der Waals surface area contributed by atoms with Crippen molar-refractivity contribution in [1.82, 2.24) is 9.88 Å². The second kappa shape index (κ2) is 6.96. The fourth-order valence-corrected chi connectivity index (χ4v) is 3.50. The van der Waals surface area contributed by atoms with E-state index >= 15 is 0 Å². The number of hydrogen-bond donors (Lipinski definition) is 1. The monoisotopic (exact) mass is 349 g/mol. The van der Waals surface area contributed by atoms with E-state index in [4.69, 9.17) is 0 Å². The fraction of sp³-hybridized carbons (Fsp3) is 0.375. The Labute approximate surface area is 143 Å². The molecule has 7 nitrogen and oxygen atoms in total. The van der Waals surface area contributed by atoms with Gasteiger partial charge in [0.1, 0.15) is 0 Å². The molecular formula is C16H19N3O4S. The predicted octanol–water partition coefficient (Wildman–Crippen LogP) is 3.46. The van der Waals surface area contributed by atoms with Crippen LogP contribution in [0.1, 0.15) is 45.8 Å². The van der Waals surface area contributed by atoms with Gasteiger partial charge in [0.05, 0.1) is 27.2 Å². The van der Waals surface area contributed by atoms with Gasteiger partial charge in [0, 0.05) is 18.0 Å². The van der Waals surface area contributed by atoms with Crippen LogP contribution in [-0.2, 0) is 6.42 Å². The highest BCUT2D eigenvalue weighted by Crippen LogP contribution is 2.33. The molecule has 0 aliphatic heterocycles. The van der Waals surface area contributed by atoms with Gasteiger partial charge in [0.25, 0.3) is 5.91 Å². The Hall–Kier alpha value is -2.48. The van der Waals surface area contributed by atoms with Gasteiger partial charge >= 0.3 is 5.69 Å². The summed E-state index contributed by atoms with van der Waals surface area (Å²) >= 11 is 1.55. The van der Waals surface area contributed by atoms with Crippen molar-refractivity contribution >= 4 is 22.9 Å². The number of nitro groups is 1. The van der Waals surface area contributed by atoms with E-state index < -0.39 is 22.3 Å². The molecule has 1 atom stereocenters. The molecule has 0 saturated heterocycles. The van der Waals surface area contributed by atoms with E-state index in [0.29, 0.717) is 0 Å². The zero-order chi connectivity index (χ0) is 18.0. The number of amides is 1. The van der Waals surface area contributed by atoms with Crippen LogP contribution in [0.2, 0.25) is 0 Å². The summed E-state index contributed by atoms with van der Waals surface area (Å²) in [5.41, 5.74) is 0.299. The van der Waals surface area contributed by atoms with Gasteiger partial charge in [0.15, 0.2) is 0 Å². The minimum atomic E-state index is -0.712. The first-order chi connectivity index (χ1) is 11.3. The summed E-state index contributed by atoms with van der Waals surface area (Å²) in [5, 5.41) is 21.9. The lowest BCUT2D eigenvalue weighted by Crippen LogP contribution is -2.29. The molecule has 128 valence electrons. The summed E-state index contributed by atoms with van der Waals surface area (Å²) in [6, 6.07) is 3.67. The lowest BCUT2D eigenvalue weighted by atomic mass is 10.1. The number of hydrogen-bond acceptors (Lipinski definition) is 6. The summed E-state index contributed by atoms with van der Waals surface area (Å²) in [6.45, 7) is 5.78. The minimum Gasteiger partial charge on any atom is -0.502 e. The highest BCUT2D eigenvalue weighted by atomic mass is 32.1. The smallest absolute Gasteiger partial charge is 0.311 e. The molecule has 0 spiro atoms. The molecule has 2 aromatic rings. The molecule has 0 fully saturated rings. The molecule has 1 amide bonds. The number of nitro benzene ring substituents is 1. The van der Waals surface area contributed by atoms with Crippen LogP contribution in [0.5, 0.6) is 5.75 Å². The molecule has 0 aliphatic carbocycles. The van der Waals surface area contributed by atoms with Gasteiger partial charge in [-0.2, -0.15) is 0 Å². The molecule has 0 aliphatic rings. The normalized spacial score (nSPS) is 12.0. The van der Waals surface area contributed by atoms with Crippen molar-refractivity contribution in [3.05, 3.63) is 49.5 Å². The predicted molar refractivity (Wildman–Crippen MR) is 91.5 cm³/mol. The SMILES string of the molecule is CCc1nc(C)c(C(C)N(C)C(=O)c2cccc([N+](=O)[O-])c2O)s1. The number of benzene rings is 1. The zero-order valence-corrected chi connectivity index (χ0v) is 14.8. The molecule has 0 radical (unpaired) electrons. The van der Waals surface area contributed by atoms with Crippen LogP contribution in [-0.4, -0.2) is 32.9 Å².